The number of nitrogens with one attached hydrogen (secondary N) is 2. The van der Waals surface area contributed by atoms with Gasteiger partial charge in [-0.3, -0.25) is 4.72 Å². The summed E-state index contributed by atoms with van der Waals surface area (Å²) in [7, 11) is -1.80. The summed E-state index contributed by atoms with van der Waals surface area (Å²) < 4.78 is 32.6. The highest BCUT2D eigenvalue weighted by molar-refractivity contribution is 9.10. The third kappa shape index (κ3) is 4.09. The van der Waals surface area contributed by atoms with Gasteiger partial charge in [0, 0.05) is 12.1 Å². The lowest BCUT2D eigenvalue weighted by Crippen LogP contribution is -2.32. The molecule has 0 spiro atoms. The second-order valence-corrected chi connectivity index (χ2v) is 7.15. The van der Waals surface area contributed by atoms with E-state index in [0.29, 0.717) is 11.4 Å². The standard InChI is InChI=1S/C12H17BrN2O3S/c1-18-12-7-9(4-5-11(12)13)15-19(16,17)8-10-3-2-6-14-10/h4-5,7,10,14-15H,2-3,6,8H2,1H3. The van der Waals surface area contributed by atoms with Gasteiger partial charge < -0.3 is 10.1 Å². The van der Waals surface area contributed by atoms with E-state index in [2.05, 4.69) is 26.0 Å². The molecule has 1 heterocycles. The zero-order chi connectivity index (χ0) is 13.9. The molecule has 0 amide bonds. The minimum absolute atomic E-state index is 0.0508. The lowest BCUT2D eigenvalue weighted by molar-refractivity contribution is 0.412. The van der Waals surface area contributed by atoms with Gasteiger partial charge in [0.2, 0.25) is 10.0 Å². The molecule has 0 aromatic heterocycles. The van der Waals surface area contributed by atoms with E-state index in [-0.39, 0.29) is 11.8 Å². The van der Waals surface area contributed by atoms with Gasteiger partial charge in [0.25, 0.3) is 0 Å². The summed E-state index contributed by atoms with van der Waals surface area (Å²) in [6.07, 6.45) is 1.94. The van der Waals surface area contributed by atoms with Crippen molar-refractivity contribution >= 4 is 31.6 Å². The molecule has 1 aromatic rings. The van der Waals surface area contributed by atoms with Crippen LogP contribution >= 0.6 is 15.9 Å². The molecule has 1 aliphatic rings. The molecule has 1 saturated heterocycles. The molecule has 0 radical (unpaired) electrons. The normalized spacial score (nSPS) is 19.4. The number of hydrogen-bond acceptors (Lipinski definition) is 4. The van der Waals surface area contributed by atoms with Crippen LogP contribution in [0.25, 0.3) is 0 Å². The maximum Gasteiger partial charge on any atom is 0.234 e. The molecule has 1 aromatic carbocycles. The Morgan fingerprint density at radius 3 is 2.95 bits per heavy atom. The van der Waals surface area contributed by atoms with E-state index in [1.54, 1.807) is 25.3 Å². The molecule has 1 unspecified atom stereocenters. The van der Waals surface area contributed by atoms with E-state index in [0.717, 1.165) is 23.9 Å². The predicted octanol–water partition coefficient (Wildman–Crippen LogP) is 1.95. The summed E-state index contributed by atoms with van der Waals surface area (Å²) >= 11 is 3.33. The number of hydrogen-bond donors (Lipinski definition) is 2. The first-order valence-electron chi connectivity index (χ1n) is 6.07. The van der Waals surface area contributed by atoms with Crippen LogP contribution in [0.4, 0.5) is 5.69 Å². The zero-order valence-electron chi connectivity index (χ0n) is 10.6. The molecule has 7 heteroatoms. The van der Waals surface area contributed by atoms with Gasteiger partial charge in [0.1, 0.15) is 5.75 Å². The molecule has 2 N–H and O–H groups in total. The fraction of sp³-hybridized carbons (Fsp3) is 0.500. The number of methoxy groups -OCH3 is 1. The van der Waals surface area contributed by atoms with Gasteiger partial charge in [-0.15, -0.1) is 0 Å². The van der Waals surface area contributed by atoms with Crippen LogP contribution in [0.3, 0.4) is 0 Å². The maximum absolute atomic E-state index is 12.0. The lowest BCUT2D eigenvalue weighted by atomic mass is 10.3. The van der Waals surface area contributed by atoms with E-state index in [4.69, 9.17) is 4.74 Å². The van der Waals surface area contributed by atoms with Crippen molar-refractivity contribution < 1.29 is 13.2 Å². The fourth-order valence-corrected chi connectivity index (χ4v) is 3.90. The van der Waals surface area contributed by atoms with Crippen LogP contribution in [0.5, 0.6) is 5.75 Å². The molecular weight excluding hydrogens is 332 g/mol. The van der Waals surface area contributed by atoms with Crippen molar-refractivity contribution in [3.63, 3.8) is 0 Å². The lowest BCUT2D eigenvalue weighted by Gasteiger charge is -2.13. The van der Waals surface area contributed by atoms with Crippen molar-refractivity contribution in [2.24, 2.45) is 0 Å². The first kappa shape index (κ1) is 14.6. The highest BCUT2D eigenvalue weighted by Gasteiger charge is 2.22. The van der Waals surface area contributed by atoms with Gasteiger partial charge in [0.15, 0.2) is 0 Å². The Hall–Kier alpha value is -0.790. The molecule has 5 nitrogen and oxygen atoms in total. The van der Waals surface area contributed by atoms with Crippen molar-refractivity contribution in [2.45, 2.75) is 18.9 Å². The average molecular weight is 349 g/mol. The second-order valence-electron chi connectivity index (χ2n) is 4.53. The summed E-state index contributed by atoms with van der Waals surface area (Å²) in [5.41, 5.74) is 0.512. The Morgan fingerprint density at radius 2 is 2.32 bits per heavy atom. The van der Waals surface area contributed by atoms with Gasteiger partial charge in [-0.2, -0.15) is 0 Å². The summed E-state index contributed by atoms with van der Waals surface area (Å²) in [4.78, 5) is 0. The van der Waals surface area contributed by atoms with Crippen molar-refractivity contribution in [3.05, 3.63) is 22.7 Å². The van der Waals surface area contributed by atoms with Crippen molar-refractivity contribution in [1.82, 2.24) is 5.32 Å². The molecule has 0 saturated carbocycles. The maximum atomic E-state index is 12.0. The van der Waals surface area contributed by atoms with E-state index in [9.17, 15) is 8.42 Å². The Balaban J connectivity index is 2.06. The third-order valence-electron chi connectivity index (χ3n) is 3.01. The summed E-state index contributed by atoms with van der Waals surface area (Å²) in [6.45, 7) is 0.895. The Morgan fingerprint density at radius 1 is 1.53 bits per heavy atom. The van der Waals surface area contributed by atoms with E-state index < -0.39 is 10.0 Å². The quantitative estimate of drug-likeness (QED) is 0.853. The van der Waals surface area contributed by atoms with E-state index >= 15 is 0 Å². The Labute approximate surface area is 121 Å². The second kappa shape index (κ2) is 6.11. The smallest absolute Gasteiger partial charge is 0.234 e. The number of sulfonamides is 1. The summed E-state index contributed by atoms with van der Waals surface area (Å²) in [5, 5.41) is 3.18. The van der Waals surface area contributed by atoms with Gasteiger partial charge in [0.05, 0.1) is 23.0 Å². The fourth-order valence-electron chi connectivity index (χ4n) is 2.11. The van der Waals surface area contributed by atoms with Gasteiger partial charge >= 0.3 is 0 Å². The minimum Gasteiger partial charge on any atom is -0.495 e. The topological polar surface area (TPSA) is 67.4 Å². The number of halogens is 1. The van der Waals surface area contributed by atoms with Gasteiger partial charge in [-0.25, -0.2) is 8.42 Å². The van der Waals surface area contributed by atoms with Crippen LogP contribution in [0, 0.1) is 0 Å². The zero-order valence-corrected chi connectivity index (χ0v) is 13.1. The molecule has 1 fully saturated rings. The average Bonchev–Trinajstić information content (AvgIpc) is 2.83. The summed E-state index contributed by atoms with van der Waals surface area (Å²) in [5.74, 6) is 0.699. The van der Waals surface area contributed by atoms with Crippen LogP contribution in [0.2, 0.25) is 0 Å². The number of anilines is 1. The number of rotatable bonds is 5. The molecule has 1 atom stereocenters. The molecule has 0 bridgehead atoms. The van der Waals surface area contributed by atoms with E-state index in [1.165, 1.54) is 0 Å². The van der Waals surface area contributed by atoms with Crippen LogP contribution in [-0.2, 0) is 10.0 Å². The van der Waals surface area contributed by atoms with Crippen LogP contribution < -0.4 is 14.8 Å². The largest absolute Gasteiger partial charge is 0.495 e. The predicted molar refractivity (Wildman–Crippen MR) is 79.1 cm³/mol. The van der Waals surface area contributed by atoms with Crippen molar-refractivity contribution in [1.29, 1.82) is 0 Å². The van der Waals surface area contributed by atoms with E-state index in [1.807, 2.05) is 0 Å². The van der Waals surface area contributed by atoms with Crippen LogP contribution in [0.15, 0.2) is 22.7 Å². The minimum atomic E-state index is -3.34. The molecule has 106 valence electrons. The van der Waals surface area contributed by atoms with Crippen molar-refractivity contribution in [3.8, 4) is 5.75 Å². The molecule has 2 rings (SSSR count). The van der Waals surface area contributed by atoms with Gasteiger partial charge in [-0.1, -0.05) is 0 Å². The highest BCUT2D eigenvalue weighted by Crippen LogP contribution is 2.28. The SMILES string of the molecule is COc1cc(NS(=O)(=O)CC2CCCN2)ccc1Br. The Kier molecular flexibility index (Phi) is 4.70. The number of benzene rings is 1. The van der Waals surface area contributed by atoms with Crippen molar-refractivity contribution in [2.75, 3.05) is 24.1 Å². The highest BCUT2D eigenvalue weighted by atomic mass is 79.9. The third-order valence-corrected chi connectivity index (χ3v) is 5.05. The molecular formula is C12H17BrN2O3S. The molecule has 0 aliphatic carbocycles. The van der Waals surface area contributed by atoms with Crippen LogP contribution in [0.1, 0.15) is 12.8 Å². The first-order chi connectivity index (χ1) is 9.00. The molecule has 1 aliphatic heterocycles. The Bertz CT molecular complexity index is 542. The van der Waals surface area contributed by atoms with Gasteiger partial charge in [-0.05, 0) is 47.4 Å². The van der Waals surface area contributed by atoms with Crippen LogP contribution in [-0.4, -0.2) is 33.9 Å². The number of ether oxygens (including phenoxy) is 1. The monoisotopic (exact) mass is 348 g/mol. The molecule has 19 heavy (non-hydrogen) atoms. The first-order valence-corrected chi connectivity index (χ1v) is 8.52. The summed E-state index contributed by atoms with van der Waals surface area (Å²) in [6, 6.07) is 5.16.